The van der Waals surface area contributed by atoms with Crippen molar-refractivity contribution in [1.29, 1.82) is 0 Å². The molecule has 0 bridgehead atoms. The minimum Gasteiger partial charge on any atom is -0.352 e. The first-order chi connectivity index (χ1) is 15.5. The quantitative estimate of drug-likeness (QED) is 0.417. The highest BCUT2D eigenvalue weighted by atomic mass is 35.5. The van der Waals surface area contributed by atoms with Crippen molar-refractivity contribution in [2.75, 3.05) is 0 Å². The lowest BCUT2D eigenvalue weighted by Crippen LogP contribution is -2.37. The van der Waals surface area contributed by atoms with Crippen LogP contribution in [0.5, 0.6) is 0 Å². The number of aromatic nitrogens is 2. The van der Waals surface area contributed by atoms with Gasteiger partial charge >= 0.3 is 0 Å². The van der Waals surface area contributed by atoms with Crippen LogP contribution in [0.1, 0.15) is 60.4 Å². The molecule has 4 nitrogen and oxygen atoms in total. The molecule has 2 unspecified atom stereocenters. The maximum absolute atomic E-state index is 6.60. The molecule has 7 heteroatoms. The summed E-state index contributed by atoms with van der Waals surface area (Å²) in [6, 6.07) is 14.5. The van der Waals surface area contributed by atoms with Gasteiger partial charge in [0.05, 0.1) is 28.5 Å². The van der Waals surface area contributed by atoms with Crippen molar-refractivity contribution in [2.24, 2.45) is 0 Å². The Morgan fingerprint density at radius 2 is 1.84 bits per heavy atom. The Morgan fingerprint density at radius 3 is 2.53 bits per heavy atom. The summed E-state index contributed by atoms with van der Waals surface area (Å²) in [6.07, 6.45) is 6.71. The Hall–Kier alpha value is -2.08. The van der Waals surface area contributed by atoms with Crippen molar-refractivity contribution >= 4 is 40.5 Å². The molecule has 2 fully saturated rings. The number of halogens is 2. The van der Waals surface area contributed by atoms with E-state index in [9.17, 15) is 0 Å². The molecule has 0 amide bonds. The Labute approximate surface area is 204 Å². The molecule has 1 saturated carbocycles. The molecule has 166 valence electrons. The Bertz CT molecular complexity index is 1150. The number of hydrogen-bond donors (Lipinski definition) is 1. The van der Waals surface area contributed by atoms with E-state index in [1.54, 1.807) is 6.07 Å². The monoisotopic (exact) mass is 484 g/mol. The fourth-order valence-electron chi connectivity index (χ4n) is 5.39. The normalized spacial score (nSPS) is 21.4. The van der Waals surface area contributed by atoms with Gasteiger partial charge in [0.1, 0.15) is 0 Å². The molecule has 3 aromatic rings. The minimum absolute atomic E-state index is 0.000982. The zero-order valence-corrected chi connectivity index (χ0v) is 20.5. The second-order valence-corrected chi connectivity index (χ2v) is 9.96. The molecule has 0 radical (unpaired) electrons. The first-order valence-corrected chi connectivity index (χ1v) is 12.3. The van der Waals surface area contributed by atoms with Gasteiger partial charge in [0.2, 0.25) is 0 Å². The number of nitrogens with zero attached hydrogens (tertiary/aromatic N) is 3. The number of thiocarbonyl (C=S) groups is 1. The molecule has 2 aliphatic rings. The van der Waals surface area contributed by atoms with E-state index in [-0.39, 0.29) is 12.1 Å². The number of benzene rings is 1. The summed E-state index contributed by atoms with van der Waals surface area (Å²) in [4.78, 5) is 7.12. The Kier molecular flexibility index (Phi) is 5.91. The fourth-order valence-corrected chi connectivity index (χ4v) is 6.28. The molecule has 1 aliphatic heterocycles. The predicted molar refractivity (Wildman–Crippen MR) is 135 cm³/mol. The SMILES string of the molecule is Cc1cc(C2C(c3ccccn3)NC(=S)N2C2CCCC2)c(C)n1-c1ccc(Cl)cc1Cl. The van der Waals surface area contributed by atoms with E-state index in [0.717, 1.165) is 27.9 Å². The van der Waals surface area contributed by atoms with E-state index in [0.29, 0.717) is 16.1 Å². The van der Waals surface area contributed by atoms with Gasteiger partial charge in [-0.2, -0.15) is 0 Å². The summed E-state index contributed by atoms with van der Waals surface area (Å²) >= 11 is 18.6. The van der Waals surface area contributed by atoms with Gasteiger partial charge in [0.25, 0.3) is 0 Å². The summed E-state index contributed by atoms with van der Waals surface area (Å²) in [5.74, 6) is 0. The number of pyridine rings is 1. The average Bonchev–Trinajstić information content (AvgIpc) is 3.47. The lowest BCUT2D eigenvalue weighted by molar-refractivity contribution is 0.245. The van der Waals surface area contributed by atoms with Crippen LogP contribution in [0.3, 0.4) is 0 Å². The standard InChI is InChI=1S/C25H26Cl2N4S/c1-15-13-19(16(2)30(15)22-11-10-17(26)14-20(22)27)24-23(21-9-5-6-12-28-21)29-25(32)31(24)18-7-3-4-8-18/h5-6,9-14,18,23-24H,3-4,7-8H2,1-2H3,(H,29,32). The van der Waals surface area contributed by atoms with Gasteiger partial charge in [-0.05, 0) is 80.9 Å². The van der Waals surface area contributed by atoms with Crippen LogP contribution in [0.2, 0.25) is 10.0 Å². The van der Waals surface area contributed by atoms with Crippen LogP contribution in [-0.4, -0.2) is 25.6 Å². The molecule has 2 aromatic heterocycles. The number of nitrogens with one attached hydrogen (secondary N) is 1. The number of aryl methyl sites for hydroxylation is 1. The van der Waals surface area contributed by atoms with Crippen LogP contribution < -0.4 is 5.32 Å². The summed E-state index contributed by atoms with van der Waals surface area (Å²) in [7, 11) is 0. The summed E-state index contributed by atoms with van der Waals surface area (Å²) < 4.78 is 2.22. The zero-order valence-electron chi connectivity index (χ0n) is 18.2. The first kappa shape index (κ1) is 21.7. The van der Waals surface area contributed by atoms with Gasteiger partial charge in [0.15, 0.2) is 5.11 Å². The number of rotatable bonds is 4. The van der Waals surface area contributed by atoms with Crippen molar-refractivity contribution in [3.8, 4) is 5.69 Å². The van der Waals surface area contributed by atoms with Gasteiger partial charge < -0.3 is 14.8 Å². The van der Waals surface area contributed by atoms with Crippen molar-refractivity contribution in [1.82, 2.24) is 19.8 Å². The van der Waals surface area contributed by atoms with Gasteiger partial charge in [-0.1, -0.05) is 42.1 Å². The van der Waals surface area contributed by atoms with Crippen LogP contribution >= 0.6 is 35.4 Å². The lowest BCUT2D eigenvalue weighted by atomic mass is 9.95. The zero-order chi connectivity index (χ0) is 22.4. The molecular weight excluding hydrogens is 459 g/mol. The maximum Gasteiger partial charge on any atom is 0.170 e. The van der Waals surface area contributed by atoms with Gasteiger partial charge in [-0.25, -0.2) is 0 Å². The fraction of sp³-hybridized carbons (Fsp3) is 0.360. The molecule has 1 aliphatic carbocycles. The third-order valence-electron chi connectivity index (χ3n) is 6.79. The van der Waals surface area contributed by atoms with Crippen LogP contribution in [0.15, 0.2) is 48.7 Å². The second-order valence-electron chi connectivity index (χ2n) is 8.73. The summed E-state index contributed by atoms with van der Waals surface area (Å²) in [6.45, 7) is 4.29. The molecule has 2 atom stereocenters. The molecule has 5 rings (SSSR count). The van der Waals surface area contributed by atoms with Crippen molar-refractivity contribution in [3.63, 3.8) is 0 Å². The highest BCUT2D eigenvalue weighted by molar-refractivity contribution is 7.80. The van der Waals surface area contributed by atoms with Gasteiger partial charge in [-0.15, -0.1) is 0 Å². The average molecular weight is 485 g/mol. The highest BCUT2D eigenvalue weighted by Crippen LogP contribution is 2.45. The summed E-state index contributed by atoms with van der Waals surface area (Å²) in [5.41, 5.74) is 5.49. The third-order valence-corrected chi connectivity index (χ3v) is 7.66. The first-order valence-electron chi connectivity index (χ1n) is 11.1. The molecule has 3 heterocycles. The van der Waals surface area contributed by atoms with Gasteiger partial charge in [0, 0.05) is 28.6 Å². The van der Waals surface area contributed by atoms with Crippen LogP contribution in [0, 0.1) is 13.8 Å². The third kappa shape index (κ3) is 3.70. The van der Waals surface area contributed by atoms with Crippen molar-refractivity contribution < 1.29 is 0 Å². The molecule has 1 N–H and O–H groups in total. The largest absolute Gasteiger partial charge is 0.352 e. The Morgan fingerprint density at radius 1 is 1.06 bits per heavy atom. The summed E-state index contributed by atoms with van der Waals surface area (Å²) in [5, 5.41) is 5.70. The van der Waals surface area contributed by atoms with E-state index in [1.807, 2.05) is 30.5 Å². The molecular formula is C25H26Cl2N4S. The van der Waals surface area contributed by atoms with Crippen molar-refractivity contribution in [3.05, 3.63) is 81.4 Å². The highest BCUT2D eigenvalue weighted by Gasteiger charge is 2.44. The van der Waals surface area contributed by atoms with Crippen LogP contribution in [-0.2, 0) is 0 Å². The number of hydrogen-bond acceptors (Lipinski definition) is 2. The predicted octanol–water partition coefficient (Wildman–Crippen LogP) is 6.71. The lowest BCUT2D eigenvalue weighted by Gasteiger charge is -2.33. The van der Waals surface area contributed by atoms with E-state index in [1.165, 1.54) is 31.2 Å². The van der Waals surface area contributed by atoms with E-state index in [4.69, 9.17) is 35.4 Å². The molecule has 0 spiro atoms. The van der Waals surface area contributed by atoms with E-state index in [2.05, 4.69) is 45.7 Å². The van der Waals surface area contributed by atoms with Crippen LogP contribution in [0.4, 0.5) is 0 Å². The van der Waals surface area contributed by atoms with Crippen molar-refractivity contribution in [2.45, 2.75) is 57.7 Å². The molecule has 32 heavy (non-hydrogen) atoms. The Balaban J connectivity index is 1.65. The second kappa shape index (κ2) is 8.69. The van der Waals surface area contributed by atoms with Crippen LogP contribution in [0.25, 0.3) is 5.69 Å². The maximum atomic E-state index is 6.60. The minimum atomic E-state index is -0.000982. The van der Waals surface area contributed by atoms with E-state index < -0.39 is 0 Å². The topological polar surface area (TPSA) is 33.1 Å². The van der Waals surface area contributed by atoms with Gasteiger partial charge in [-0.3, -0.25) is 4.98 Å². The molecule has 1 aromatic carbocycles. The van der Waals surface area contributed by atoms with E-state index >= 15 is 0 Å². The smallest absolute Gasteiger partial charge is 0.170 e. The molecule has 1 saturated heterocycles.